The fourth-order valence-electron chi connectivity index (χ4n) is 7.93. The molecule has 5 atom stereocenters. The monoisotopic (exact) mass is 609 g/mol. The number of phenolic OH excluding ortho intramolecular Hbond substituents is 1. The molecular weight excluding hydrogens is 582 g/mol. The van der Waals surface area contributed by atoms with Gasteiger partial charge in [-0.25, -0.2) is 0 Å². The quantitative estimate of drug-likeness (QED) is 0.373. The molecule has 3 aliphatic carbocycles. The van der Waals surface area contributed by atoms with Crippen LogP contribution < -0.4 is 19.9 Å². The number of aliphatic hydroxyl groups is 1. The predicted molar refractivity (Wildman–Crippen MR) is 155 cm³/mol. The SMILES string of the molecule is NC(=O)C1C(=O)C[C@@H]2C[C@@H]3Cc4c(-c5ccc6c(c5)OCO6)cc(-c5ccc6c(c5)CCO6)c(O)c4C(=O)C3C(=O)[C@]2(O)C1=O. The van der Waals surface area contributed by atoms with E-state index < -0.39 is 64.7 Å². The Morgan fingerprint density at radius 3 is 2.38 bits per heavy atom. The van der Waals surface area contributed by atoms with E-state index in [0.717, 1.165) is 11.3 Å². The Balaban J connectivity index is 1.30. The number of ether oxygens (including phenoxy) is 3. The van der Waals surface area contributed by atoms with Gasteiger partial charge in [-0.2, -0.15) is 0 Å². The summed E-state index contributed by atoms with van der Waals surface area (Å²) in [6, 6.07) is 12.7. The third kappa shape index (κ3) is 3.76. The summed E-state index contributed by atoms with van der Waals surface area (Å²) in [5, 5.41) is 23.3. The predicted octanol–water partition coefficient (Wildman–Crippen LogP) is 2.32. The molecule has 4 N–H and O–H groups in total. The Bertz CT molecular complexity index is 1910. The first-order valence-electron chi connectivity index (χ1n) is 14.8. The van der Waals surface area contributed by atoms with Crippen LogP contribution in [0.1, 0.15) is 34.3 Å². The minimum absolute atomic E-state index is 0.00889. The molecule has 2 aliphatic heterocycles. The summed E-state index contributed by atoms with van der Waals surface area (Å²) < 4.78 is 16.7. The minimum Gasteiger partial charge on any atom is -0.507 e. The van der Waals surface area contributed by atoms with Crippen LogP contribution in [-0.2, 0) is 32.0 Å². The molecule has 3 aromatic rings. The molecule has 1 amide bonds. The van der Waals surface area contributed by atoms with Crippen molar-refractivity contribution in [1.82, 2.24) is 0 Å². The molecule has 2 fully saturated rings. The summed E-state index contributed by atoms with van der Waals surface area (Å²) >= 11 is 0. The summed E-state index contributed by atoms with van der Waals surface area (Å²) in [5.41, 5.74) is 6.30. The van der Waals surface area contributed by atoms with Gasteiger partial charge in [-0.1, -0.05) is 12.1 Å². The zero-order chi connectivity index (χ0) is 31.4. The van der Waals surface area contributed by atoms with E-state index in [1.165, 1.54) is 0 Å². The van der Waals surface area contributed by atoms with Crippen molar-refractivity contribution in [2.45, 2.75) is 31.3 Å². The molecule has 3 aromatic carbocycles. The molecule has 2 saturated carbocycles. The Morgan fingerprint density at radius 1 is 0.867 bits per heavy atom. The molecule has 0 spiro atoms. The van der Waals surface area contributed by atoms with Gasteiger partial charge in [-0.05, 0) is 76.9 Å². The van der Waals surface area contributed by atoms with E-state index in [0.29, 0.717) is 52.3 Å². The average molecular weight is 610 g/mol. The lowest BCUT2D eigenvalue weighted by Crippen LogP contribution is -2.68. The Kier molecular flexibility index (Phi) is 5.80. The van der Waals surface area contributed by atoms with Gasteiger partial charge in [0.05, 0.1) is 18.1 Å². The first-order valence-corrected chi connectivity index (χ1v) is 14.8. The fraction of sp³-hybridized carbons (Fsp3) is 0.324. The number of hydrogen-bond donors (Lipinski definition) is 3. The van der Waals surface area contributed by atoms with Crippen LogP contribution >= 0.6 is 0 Å². The second kappa shape index (κ2) is 9.48. The second-order valence-corrected chi connectivity index (χ2v) is 12.4. The van der Waals surface area contributed by atoms with Crippen molar-refractivity contribution in [3.05, 3.63) is 59.2 Å². The van der Waals surface area contributed by atoms with Crippen LogP contribution in [0.15, 0.2) is 42.5 Å². The topological polar surface area (TPSA) is 180 Å². The van der Waals surface area contributed by atoms with Crippen molar-refractivity contribution in [1.29, 1.82) is 0 Å². The molecular formula is C34H27NO10. The largest absolute Gasteiger partial charge is 0.507 e. The number of nitrogens with two attached hydrogens (primary N) is 1. The molecule has 5 aliphatic rings. The Labute approximate surface area is 255 Å². The Morgan fingerprint density at radius 2 is 1.60 bits per heavy atom. The summed E-state index contributed by atoms with van der Waals surface area (Å²) in [4.78, 5) is 66.4. The number of ketones is 4. The number of phenols is 1. The van der Waals surface area contributed by atoms with Crippen molar-refractivity contribution in [3.8, 4) is 45.3 Å². The van der Waals surface area contributed by atoms with Crippen LogP contribution in [0.25, 0.3) is 22.3 Å². The molecule has 45 heavy (non-hydrogen) atoms. The highest BCUT2D eigenvalue weighted by atomic mass is 16.7. The number of rotatable bonds is 3. The summed E-state index contributed by atoms with van der Waals surface area (Å²) in [5.74, 6) is -8.76. The van der Waals surface area contributed by atoms with E-state index in [-0.39, 0.29) is 30.9 Å². The third-order valence-electron chi connectivity index (χ3n) is 10.1. The number of hydrogen-bond acceptors (Lipinski definition) is 10. The number of Topliss-reactive ketones (excluding diaryl/α,β-unsaturated/α-hetero) is 4. The number of carbonyl (C=O) groups is 5. The van der Waals surface area contributed by atoms with E-state index in [2.05, 4.69) is 0 Å². The maximum atomic E-state index is 14.4. The van der Waals surface area contributed by atoms with Gasteiger partial charge in [-0.3, -0.25) is 24.0 Å². The maximum Gasteiger partial charge on any atom is 0.235 e. The zero-order valence-electron chi connectivity index (χ0n) is 23.8. The van der Waals surface area contributed by atoms with Crippen LogP contribution in [0.2, 0.25) is 0 Å². The molecule has 2 unspecified atom stereocenters. The molecule has 0 bridgehead atoms. The van der Waals surface area contributed by atoms with Gasteiger partial charge in [0.15, 0.2) is 46.2 Å². The average Bonchev–Trinajstić information content (AvgIpc) is 3.68. The molecule has 228 valence electrons. The van der Waals surface area contributed by atoms with Crippen LogP contribution in [-0.4, -0.2) is 58.3 Å². The molecule has 2 heterocycles. The van der Waals surface area contributed by atoms with Crippen LogP contribution in [0.4, 0.5) is 0 Å². The first kappa shape index (κ1) is 27.5. The van der Waals surface area contributed by atoms with E-state index in [9.17, 15) is 34.2 Å². The summed E-state index contributed by atoms with van der Waals surface area (Å²) in [6.07, 6.45) is 0.451. The zero-order valence-corrected chi connectivity index (χ0v) is 23.8. The van der Waals surface area contributed by atoms with Crippen molar-refractivity contribution in [3.63, 3.8) is 0 Å². The number of fused-ring (bicyclic) bond motifs is 5. The number of carbonyl (C=O) groups excluding carboxylic acids is 5. The second-order valence-electron chi connectivity index (χ2n) is 12.4. The lowest BCUT2D eigenvalue weighted by Gasteiger charge is -2.48. The molecule has 0 saturated heterocycles. The van der Waals surface area contributed by atoms with Gasteiger partial charge >= 0.3 is 0 Å². The van der Waals surface area contributed by atoms with Gasteiger partial charge in [-0.15, -0.1) is 0 Å². The molecule has 8 rings (SSSR count). The smallest absolute Gasteiger partial charge is 0.235 e. The molecule has 11 heteroatoms. The van der Waals surface area contributed by atoms with Gasteiger partial charge in [0.2, 0.25) is 12.7 Å². The highest BCUT2D eigenvalue weighted by molar-refractivity contribution is 6.31. The van der Waals surface area contributed by atoms with Gasteiger partial charge < -0.3 is 30.2 Å². The summed E-state index contributed by atoms with van der Waals surface area (Å²) in [7, 11) is 0. The standard InChI is InChI=1S/C34H27NO10/c35-33(41)28-22(36)11-18-8-17-9-21-19(15-2-4-24-25(10-15)45-13-44-24)12-20(14-1-3-23-16(7-14)5-6-43-23)29(37)27(21)30(38)26(17)31(39)34(18,42)32(28)40/h1-4,7,10,12,17-18,26,28,37,42H,5-6,8-9,11,13H2,(H2,35,41)/t17-,18+,26?,28?,34+/m1/s1. The third-order valence-corrected chi connectivity index (χ3v) is 10.1. The number of benzene rings is 3. The highest BCUT2D eigenvalue weighted by Crippen LogP contribution is 2.53. The fourth-order valence-corrected chi connectivity index (χ4v) is 7.93. The van der Waals surface area contributed by atoms with E-state index in [1.807, 2.05) is 18.2 Å². The van der Waals surface area contributed by atoms with Crippen molar-refractivity contribution < 1.29 is 48.4 Å². The first-order chi connectivity index (χ1) is 21.6. The number of primary amides is 1. The van der Waals surface area contributed by atoms with Crippen molar-refractivity contribution >= 4 is 29.0 Å². The van der Waals surface area contributed by atoms with Gasteiger partial charge in [0.25, 0.3) is 0 Å². The Hall–Kier alpha value is -5.03. The normalized spacial score (nSPS) is 27.8. The van der Waals surface area contributed by atoms with Gasteiger partial charge in [0, 0.05) is 24.3 Å². The van der Waals surface area contributed by atoms with Crippen LogP contribution in [0.5, 0.6) is 23.0 Å². The molecule has 11 nitrogen and oxygen atoms in total. The highest BCUT2D eigenvalue weighted by Gasteiger charge is 2.66. The lowest BCUT2D eigenvalue weighted by molar-refractivity contribution is -0.175. The van der Waals surface area contributed by atoms with E-state index >= 15 is 0 Å². The van der Waals surface area contributed by atoms with Crippen molar-refractivity contribution in [2.75, 3.05) is 13.4 Å². The van der Waals surface area contributed by atoms with E-state index in [1.54, 1.807) is 24.3 Å². The summed E-state index contributed by atoms with van der Waals surface area (Å²) in [6.45, 7) is 0.601. The van der Waals surface area contributed by atoms with Crippen molar-refractivity contribution in [2.24, 2.45) is 29.4 Å². The lowest BCUT2D eigenvalue weighted by atomic mass is 9.53. The minimum atomic E-state index is -2.71. The van der Waals surface area contributed by atoms with E-state index in [4.69, 9.17) is 19.9 Å². The van der Waals surface area contributed by atoms with Crippen LogP contribution in [0.3, 0.4) is 0 Å². The van der Waals surface area contributed by atoms with Gasteiger partial charge in [0.1, 0.15) is 11.5 Å². The van der Waals surface area contributed by atoms with Crippen LogP contribution in [0, 0.1) is 23.7 Å². The molecule has 0 radical (unpaired) electrons. The molecule has 0 aromatic heterocycles. The number of aromatic hydroxyl groups is 1. The number of amides is 1. The maximum absolute atomic E-state index is 14.4.